The van der Waals surface area contributed by atoms with E-state index >= 15 is 4.39 Å². The number of benzene rings is 2. The van der Waals surface area contributed by atoms with Crippen LogP contribution in [0.25, 0.3) is 17.2 Å². The molecule has 0 amide bonds. The van der Waals surface area contributed by atoms with Crippen molar-refractivity contribution in [2.75, 3.05) is 6.61 Å². The molecule has 2 aromatic rings. The predicted molar refractivity (Wildman–Crippen MR) is 116 cm³/mol. The Hall–Kier alpha value is -2.33. The summed E-state index contributed by atoms with van der Waals surface area (Å²) in [6, 6.07) is 12.0. The summed E-state index contributed by atoms with van der Waals surface area (Å²) in [6.07, 6.45) is 8.61. The first-order valence-corrected chi connectivity index (χ1v) is 10.1. The van der Waals surface area contributed by atoms with E-state index in [2.05, 4.69) is 43.9 Å². The maximum absolute atomic E-state index is 15.2. The summed E-state index contributed by atoms with van der Waals surface area (Å²) in [7, 11) is 0. The Morgan fingerprint density at radius 2 is 2.07 bits per heavy atom. The van der Waals surface area contributed by atoms with E-state index in [-0.39, 0.29) is 18.1 Å². The van der Waals surface area contributed by atoms with Gasteiger partial charge in [0.05, 0.1) is 0 Å². The lowest BCUT2D eigenvalue weighted by Crippen LogP contribution is -2.29. The largest absolute Gasteiger partial charge is 0.430 e. The predicted octanol–water partition coefficient (Wildman–Crippen LogP) is 5.33. The fourth-order valence-electron chi connectivity index (χ4n) is 4.00. The number of hydrogen-bond acceptors (Lipinski definition) is 2. The molecule has 144 valence electrons. The van der Waals surface area contributed by atoms with Gasteiger partial charge in [-0.1, -0.05) is 50.8 Å². The van der Waals surface area contributed by atoms with Gasteiger partial charge in [-0.25, -0.2) is 4.39 Å². The fourth-order valence-corrected chi connectivity index (χ4v) is 4.00. The first-order valence-electron chi connectivity index (χ1n) is 10.1. The van der Waals surface area contributed by atoms with Gasteiger partial charge in [0, 0.05) is 18.4 Å². The van der Waals surface area contributed by atoms with Crippen LogP contribution in [0.4, 0.5) is 4.39 Å². The maximum Gasteiger partial charge on any atom is 0.327 e. The van der Waals surface area contributed by atoms with Gasteiger partial charge in [-0.15, -0.1) is 0 Å². The fraction of sp³-hybridized carbons (Fsp3) is 0.333. The number of rotatable bonds is 6. The summed E-state index contributed by atoms with van der Waals surface area (Å²) in [6.45, 7) is 8.94. The number of nitrogens with one attached hydrogen (secondary N) is 1. The average molecular weight is 375 g/mol. The van der Waals surface area contributed by atoms with Crippen LogP contribution in [0, 0.1) is 11.2 Å². The second-order valence-electron chi connectivity index (χ2n) is 8.74. The van der Waals surface area contributed by atoms with E-state index in [9.17, 15) is 0 Å². The van der Waals surface area contributed by atoms with Crippen molar-refractivity contribution in [3.8, 4) is 11.1 Å². The van der Waals surface area contributed by atoms with Gasteiger partial charge in [0.2, 0.25) is 0 Å². The molecule has 0 unspecified atom stereocenters. The lowest BCUT2D eigenvalue weighted by Gasteiger charge is -2.14. The zero-order chi connectivity index (χ0) is 19.7. The smallest absolute Gasteiger partial charge is 0.327 e. The molecule has 28 heavy (non-hydrogen) atoms. The minimum atomic E-state index is -0.160. The Morgan fingerprint density at radius 1 is 1.25 bits per heavy atom. The van der Waals surface area contributed by atoms with Crippen molar-refractivity contribution in [1.82, 2.24) is 5.32 Å². The van der Waals surface area contributed by atoms with Gasteiger partial charge in [0.15, 0.2) is 0 Å². The van der Waals surface area contributed by atoms with Gasteiger partial charge in [-0.3, -0.25) is 0 Å². The number of halogens is 1. The Balaban J connectivity index is 1.73. The molecule has 1 N–H and O–H groups in total. The summed E-state index contributed by atoms with van der Waals surface area (Å²) < 4.78 is 21.2. The first kappa shape index (κ1) is 19.0. The van der Waals surface area contributed by atoms with Crippen LogP contribution in [0.2, 0.25) is 6.32 Å². The minimum absolute atomic E-state index is 0.0742. The average Bonchev–Trinajstić information content (AvgIpc) is 3.45. The number of hydrogen-bond donors (Lipinski definition) is 1. The standard InChI is InChI=1S/C24H27BFNO/c1-4-27-11-10-19-12-20(17-8-9-17)14-22(26)23(19)18-6-5-7-21(13-18)25-15-24(2,3)16-28-25/h4-7,10-14,17,27H,1,8-9,15-16H2,2-3H3/b11-10-. The van der Waals surface area contributed by atoms with E-state index in [1.807, 2.05) is 18.2 Å². The molecule has 0 atom stereocenters. The molecule has 4 heteroatoms. The molecular formula is C24H27BFNO. The lowest BCUT2D eigenvalue weighted by molar-refractivity contribution is 0.254. The molecule has 1 saturated heterocycles. The van der Waals surface area contributed by atoms with Crippen LogP contribution < -0.4 is 10.8 Å². The SMILES string of the molecule is C=CN/C=C\c1cc(C2CC2)cc(F)c1-c1cccc(B2CC(C)(C)CO2)c1. The van der Waals surface area contributed by atoms with Crippen LogP contribution in [0.15, 0.2) is 55.4 Å². The molecule has 1 aliphatic carbocycles. The van der Waals surface area contributed by atoms with Gasteiger partial charge in [-0.05, 0) is 71.0 Å². The van der Waals surface area contributed by atoms with Crippen LogP contribution in [0.5, 0.6) is 0 Å². The monoisotopic (exact) mass is 375 g/mol. The van der Waals surface area contributed by atoms with Crippen LogP contribution in [0.1, 0.15) is 43.7 Å². The molecule has 2 aliphatic rings. The van der Waals surface area contributed by atoms with Crippen LogP contribution in [0.3, 0.4) is 0 Å². The molecule has 0 aromatic heterocycles. The van der Waals surface area contributed by atoms with Crippen molar-refractivity contribution in [3.05, 3.63) is 72.3 Å². The lowest BCUT2D eigenvalue weighted by atomic mass is 9.55. The van der Waals surface area contributed by atoms with E-state index in [0.29, 0.717) is 11.5 Å². The molecule has 1 aliphatic heterocycles. The highest BCUT2D eigenvalue weighted by atomic mass is 19.1. The second kappa shape index (κ2) is 7.59. The van der Waals surface area contributed by atoms with Gasteiger partial charge < -0.3 is 9.97 Å². The summed E-state index contributed by atoms with van der Waals surface area (Å²) in [5, 5.41) is 2.97. The Kier molecular flexibility index (Phi) is 5.16. The van der Waals surface area contributed by atoms with Gasteiger partial charge in [-0.2, -0.15) is 0 Å². The summed E-state index contributed by atoms with van der Waals surface area (Å²) >= 11 is 0. The second-order valence-corrected chi connectivity index (χ2v) is 8.74. The van der Waals surface area contributed by atoms with E-state index in [1.54, 1.807) is 18.5 Å². The Labute approximate surface area is 167 Å². The van der Waals surface area contributed by atoms with Crippen molar-refractivity contribution in [3.63, 3.8) is 0 Å². The highest BCUT2D eigenvalue weighted by molar-refractivity contribution is 6.68. The van der Waals surface area contributed by atoms with Gasteiger partial charge in [0.1, 0.15) is 5.82 Å². The van der Waals surface area contributed by atoms with E-state index in [4.69, 9.17) is 4.65 Å². The normalized spacial score (nSPS) is 18.6. The van der Waals surface area contributed by atoms with Crippen LogP contribution in [-0.2, 0) is 4.65 Å². The molecule has 2 fully saturated rings. The minimum Gasteiger partial charge on any atom is -0.430 e. The third-order valence-corrected chi connectivity index (χ3v) is 5.63. The van der Waals surface area contributed by atoms with Gasteiger partial charge in [0.25, 0.3) is 0 Å². The van der Waals surface area contributed by atoms with E-state index in [0.717, 1.165) is 47.9 Å². The molecule has 0 radical (unpaired) electrons. The quantitative estimate of drug-likeness (QED) is 0.690. The zero-order valence-electron chi connectivity index (χ0n) is 16.7. The molecule has 2 aromatic carbocycles. The van der Waals surface area contributed by atoms with Crippen LogP contribution in [-0.4, -0.2) is 13.5 Å². The molecule has 4 rings (SSSR count). The Morgan fingerprint density at radius 3 is 2.75 bits per heavy atom. The van der Waals surface area contributed by atoms with Crippen LogP contribution >= 0.6 is 0 Å². The highest BCUT2D eigenvalue weighted by Crippen LogP contribution is 2.42. The molecule has 0 bridgehead atoms. The van der Waals surface area contributed by atoms with Crippen molar-refractivity contribution in [2.45, 2.75) is 38.9 Å². The third kappa shape index (κ3) is 4.07. The van der Waals surface area contributed by atoms with Crippen molar-refractivity contribution < 1.29 is 9.04 Å². The van der Waals surface area contributed by atoms with Crippen molar-refractivity contribution >= 4 is 18.5 Å². The molecule has 0 spiro atoms. The summed E-state index contributed by atoms with van der Waals surface area (Å²) in [4.78, 5) is 0. The van der Waals surface area contributed by atoms with E-state index in [1.165, 1.54) is 0 Å². The zero-order valence-corrected chi connectivity index (χ0v) is 16.7. The van der Waals surface area contributed by atoms with Gasteiger partial charge >= 0.3 is 6.92 Å². The molecule has 1 heterocycles. The molecule has 2 nitrogen and oxygen atoms in total. The summed E-state index contributed by atoms with van der Waals surface area (Å²) in [5.74, 6) is 0.344. The first-order chi connectivity index (χ1) is 13.5. The van der Waals surface area contributed by atoms with E-state index < -0.39 is 0 Å². The third-order valence-electron chi connectivity index (χ3n) is 5.63. The Bertz CT molecular complexity index is 917. The highest BCUT2D eigenvalue weighted by Gasteiger charge is 2.36. The molecule has 1 saturated carbocycles. The van der Waals surface area contributed by atoms with Crippen molar-refractivity contribution in [2.24, 2.45) is 5.41 Å². The molecular weight excluding hydrogens is 348 g/mol. The van der Waals surface area contributed by atoms with Crippen molar-refractivity contribution in [1.29, 1.82) is 0 Å². The summed E-state index contributed by atoms with van der Waals surface area (Å²) in [5.41, 5.74) is 4.82. The maximum atomic E-state index is 15.2. The topological polar surface area (TPSA) is 21.3 Å².